The third-order valence-electron chi connectivity index (χ3n) is 5.43. The molecule has 104 valence electrons. The average molecular weight is 252 g/mol. The first kappa shape index (κ1) is 14.1. The van der Waals surface area contributed by atoms with Crippen LogP contribution in [0.1, 0.15) is 60.3 Å². The molecule has 1 saturated carbocycles. The zero-order chi connectivity index (χ0) is 13.8. The number of allylic oxidation sites excluding steroid dienone is 2. The number of hydrogen-bond donors (Lipinski definition) is 2. The summed E-state index contributed by atoms with van der Waals surface area (Å²) in [7, 11) is 0. The molecular formula is C16H28O2. The van der Waals surface area contributed by atoms with Crippen molar-refractivity contribution in [3.63, 3.8) is 0 Å². The Morgan fingerprint density at radius 2 is 1.89 bits per heavy atom. The second-order valence-electron chi connectivity index (χ2n) is 7.55. The van der Waals surface area contributed by atoms with E-state index in [0.29, 0.717) is 0 Å². The summed E-state index contributed by atoms with van der Waals surface area (Å²) >= 11 is 0. The van der Waals surface area contributed by atoms with Crippen LogP contribution in [-0.2, 0) is 0 Å². The van der Waals surface area contributed by atoms with Gasteiger partial charge in [0.25, 0.3) is 0 Å². The van der Waals surface area contributed by atoms with Gasteiger partial charge in [0.05, 0.1) is 11.2 Å². The molecule has 2 aliphatic rings. The first-order valence-corrected chi connectivity index (χ1v) is 7.20. The maximum atomic E-state index is 10.7. The van der Waals surface area contributed by atoms with E-state index in [1.165, 1.54) is 5.57 Å². The van der Waals surface area contributed by atoms with Gasteiger partial charge >= 0.3 is 0 Å². The number of fused-ring (bicyclic) bond motifs is 1. The van der Waals surface area contributed by atoms with E-state index < -0.39 is 11.2 Å². The van der Waals surface area contributed by atoms with E-state index in [-0.39, 0.29) is 17.3 Å². The summed E-state index contributed by atoms with van der Waals surface area (Å²) < 4.78 is 0. The smallest absolute Gasteiger partial charge is 0.0656 e. The van der Waals surface area contributed by atoms with Gasteiger partial charge in [-0.1, -0.05) is 18.6 Å². The highest BCUT2D eigenvalue weighted by Gasteiger charge is 2.56. The van der Waals surface area contributed by atoms with Gasteiger partial charge in [0.1, 0.15) is 0 Å². The van der Waals surface area contributed by atoms with Crippen LogP contribution in [-0.4, -0.2) is 21.4 Å². The highest BCUT2D eigenvalue weighted by atomic mass is 16.3. The molecule has 1 fully saturated rings. The molecule has 0 heterocycles. The van der Waals surface area contributed by atoms with E-state index in [1.54, 1.807) is 0 Å². The standard InChI is InChI=1S/C16H28O2/c1-11-6-7-13-15(4,10-11)12(14(2,3)17)8-9-16(13,5)18/h10,12-13,17-18H,6-9H2,1-5H3. The maximum absolute atomic E-state index is 10.7. The van der Waals surface area contributed by atoms with Crippen molar-refractivity contribution in [2.24, 2.45) is 17.3 Å². The van der Waals surface area contributed by atoms with Crippen molar-refractivity contribution in [1.82, 2.24) is 0 Å². The van der Waals surface area contributed by atoms with Gasteiger partial charge in [0.15, 0.2) is 0 Å². The quantitative estimate of drug-likeness (QED) is 0.703. The molecule has 18 heavy (non-hydrogen) atoms. The predicted octanol–water partition coefficient (Wildman–Crippen LogP) is 3.28. The van der Waals surface area contributed by atoms with Crippen LogP contribution in [0.5, 0.6) is 0 Å². The SMILES string of the molecule is CC1=CC2(C)C(C(C)(C)O)CCC(C)(O)C2CC1. The van der Waals surface area contributed by atoms with Gasteiger partial charge in [-0.05, 0) is 70.6 Å². The lowest BCUT2D eigenvalue weighted by Gasteiger charge is -2.57. The Bertz CT molecular complexity index is 362. The minimum absolute atomic E-state index is 0.0810. The van der Waals surface area contributed by atoms with Gasteiger partial charge in [-0.3, -0.25) is 0 Å². The normalized spacial score (nSPS) is 45.4. The Morgan fingerprint density at radius 3 is 2.44 bits per heavy atom. The molecule has 2 nitrogen and oxygen atoms in total. The van der Waals surface area contributed by atoms with Gasteiger partial charge in [-0.2, -0.15) is 0 Å². The van der Waals surface area contributed by atoms with E-state index in [1.807, 2.05) is 20.8 Å². The van der Waals surface area contributed by atoms with Crippen LogP contribution in [0, 0.1) is 17.3 Å². The minimum Gasteiger partial charge on any atom is -0.390 e. The molecule has 0 aliphatic heterocycles. The average Bonchev–Trinajstić information content (AvgIpc) is 2.12. The topological polar surface area (TPSA) is 40.5 Å². The lowest BCUT2D eigenvalue weighted by atomic mass is 9.50. The van der Waals surface area contributed by atoms with Gasteiger partial charge in [0.2, 0.25) is 0 Å². The van der Waals surface area contributed by atoms with Crippen molar-refractivity contribution in [1.29, 1.82) is 0 Å². The molecular weight excluding hydrogens is 224 g/mol. The third kappa shape index (κ3) is 2.14. The molecule has 0 aromatic carbocycles. The van der Waals surface area contributed by atoms with Gasteiger partial charge in [-0.25, -0.2) is 0 Å². The van der Waals surface area contributed by atoms with Crippen molar-refractivity contribution in [3.05, 3.63) is 11.6 Å². The molecule has 0 bridgehead atoms. The number of rotatable bonds is 1. The fourth-order valence-electron chi connectivity index (χ4n) is 4.75. The second kappa shape index (κ2) is 4.08. The van der Waals surface area contributed by atoms with Crippen LogP contribution < -0.4 is 0 Å². The molecule has 2 heteroatoms. The second-order valence-corrected chi connectivity index (χ2v) is 7.55. The molecule has 0 amide bonds. The summed E-state index contributed by atoms with van der Waals surface area (Å²) in [5, 5.41) is 21.2. The summed E-state index contributed by atoms with van der Waals surface area (Å²) in [6.07, 6.45) is 6.15. The van der Waals surface area contributed by atoms with Crippen LogP contribution in [0.3, 0.4) is 0 Å². The van der Waals surface area contributed by atoms with Crippen LogP contribution in [0.15, 0.2) is 11.6 Å². The molecule has 2 N–H and O–H groups in total. The van der Waals surface area contributed by atoms with Crippen molar-refractivity contribution in [2.75, 3.05) is 0 Å². The summed E-state index contributed by atoms with van der Waals surface area (Å²) in [6.45, 7) is 10.2. The molecule has 0 spiro atoms. The zero-order valence-electron chi connectivity index (χ0n) is 12.5. The summed E-state index contributed by atoms with van der Waals surface area (Å²) in [4.78, 5) is 0. The lowest BCUT2D eigenvalue weighted by molar-refractivity contribution is -0.154. The van der Waals surface area contributed by atoms with Crippen LogP contribution in [0.2, 0.25) is 0 Å². The molecule has 2 aliphatic carbocycles. The molecule has 0 saturated heterocycles. The Balaban J connectivity index is 2.46. The number of aliphatic hydroxyl groups is 2. The minimum atomic E-state index is -0.683. The molecule has 4 unspecified atom stereocenters. The maximum Gasteiger partial charge on any atom is 0.0656 e. The van der Waals surface area contributed by atoms with Crippen LogP contribution in [0.25, 0.3) is 0 Å². The van der Waals surface area contributed by atoms with E-state index in [9.17, 15) is 10.2 Å². The third-order valence-corrected chi connectivity index (χ3v) is 5.43. The van der Waals surface area contributed by atoms with E-state index in [2.05, 4.69) is 19.9 Å². The van der Waals surface area contributed by atoms with E-state index in [0.717, 1.165) is 25.7 Å². The van der Waals surface area contributed by atoms with Crippen molar-refractivity contribution in [3.8, 4) is 0 Å². The van der Waals surface area contributed by atoms with Crippen LogP contribution in [0.4, 0.5) is 0 Å². The molecule has 2 rings (SSSR count). The largest absolute Gasteiger partial charge is 0.390 e. The summed E-state index contributed by atoms with van der Waals surface area (Å²) in [6, 6.07) is 0. The molecule has 4 atom stereocenters. The van der Waals surface area contributed by atoms with Crippen LogP contribution >= 0.6 is 0 Å². The molecule has 0 radical (unpaired) electrons. The van der Waals surface area contributed by atoms with Gasteiger partial charge < -0.3 is 10.2 Å². The highest BCUT2D eigenvalue weighted by molar-refractivity contribution is 5.21. The lowest BCUT2D eigenvalue weighted by Crippen LogP contribution is -2.57. The van der Waals surface area contributed by atoms with Crippen molar-refractivity contribution >= 4 is 0 Å². The zero-order valence-corrected chi connectivity index (χ0v) is 12.5. The van der Waals surface area contributed by atoms with Crippen molar-refractivity contribution < 1.29 is 10.2 Å². The monoisotopic (exact) mass is 252 g/mol. The Morgan fingerprint density at radius 1 is 1.28 bits per heavy atom. The predicted molar refractivity (Wildman–Crippen MR) is 74.2 cm³/mol. The van der Waals surface area contributed by atoms with Gasteiger partial charge in [-0.15, -0.1) is 0 Å². The van der Waals surface area contributed by atoms with E-state index in [4.69, 9.17) is 0 Å². The van der Waals surface area contributed by atoms with E-state index >= 15 is 0 Å². The first-order valence-electron chi connectivity index (χ1n) is 7.20. The first-order chi connectivity index (χ1) is 8.07. The Kier molecular flexibility index (Phi) is 3.19. The summed E-state index contributed by atoms with van der Waals surface area (Å²) in [5.41, 5.74) is 0.0499. The molecule has 0 aromatic rings. The van der Waals surface area contributed by atoms with Gasteiger partial charge in [0, 0.05) is 0 Å². The Labute approximate surface area is 111 Å². The van der Waals surface area contributed by atoms with Crippen molar-refractivity contribution in [2.45, 2.75) is 71.5 Å². The Hall–Kier alpha value is -0.340. The number of hydrogen-bond acceptors (Lipinski definition) is 2. The highest BCUT2D eigenvalue weighted by Crippen LogP contribution is 2.58. The summed E-state index contributed by atoms with van der Waals surface area (Å²) in [5.74, 6) is 0.490. The molecule has 0 aromatic heterocycles. The fraction of sp³-hybridized carbons (Fsp3) is 0.875. The fourth-order valence-corrected chi connectivity index (χ4v) is 4.75.